The van der Waals surface area contributed by atoms with Crippen molar-refractivity contribution in [1.29, 1.82) is 0 Å². The van der Waals surface area contributed by atoms with Crippen LogP contribution < -0.4 is 5.32 Å². The third kappa shape index (κ3) is 3.86. The number of ether oxygens (including phenoxy) is 1. The lowest BCUT2D eigenvalue weighted by molar-refractivity contribution is -0.116. The number of benzene rings is 1. The number of rotatable bonds is 4. The van der Waals surface area contributed by atoms with Gasteiger partial charge in [-0.15, -0.1) is 0 Å². The molecule has 3 heteroatoms. The Kier molecular flexibility index (Phi) is 4.15. The number of aryl methyl sites for hydroxylation is 1. The highest BCUT2D eigenvalue weighted by atomic mass is 16.5. The first-order chi connectivity index (χ1) is 8.24. The SMILES string of the molecule is Cc1cccc(NC(=O)CC[C@@H]2CCCO2)c1. The van der Waals surface area contributed by atoms with Crippen LogP contribution in [0.15, 0.2) is 24.3 Å². The standard InChI is InChI=1S/C14H19NO2/c1-11-4-2-5-12(10-11)15-14(16)8-7-13-6-3-9-17-13/h2,4-5,10,13H,3,6-9H2,1H3,(H,15,16)/t13-/m0/s1. The molecule has 1 saturated heterocycles. The Hall–Kier alpha value is -1.35. The van der Waals surface area contributed by atoms with Gasteiger partial charge in [0.2, 0.25) is 5.91 Å². The third-order valence-electron chi connectivity index (χ3n) is 3.02. The highest BCUT2D eigenvalue weighted by Gasteiger charge is 2.16. The molecule has 1 amide bonds. The molecule has 1 aliphatic rings. The zero-order chi connectivity index (χ0) is 12.1. The molecule has 1 atom stereocenters. The molecule has 1 aromatic rings. The highest BCUT2D eigenvalue weighted by Crippen LogP contribution is 2.17. The second-order valence-corrected chi connectivity index (χ2v) is 4.59. The van der Waals surface area contributed by atoms with Gasteiger partial charge in [-0.3, -0.25) is 4.79 Å². The molecule has 0 spiro atoms. The lowest BCUT2D eigenvalue weighted by Gasteiger charge is -2.09. The van der Waals surface area contributed by atoms with Gasteiger partial charge in [0.05, 0.1) is 6.10 Å². The van der Waals surface area contributed by atoms with E-state index in [1.54, 1.807) is 0 Å². The van der Waals surface area contributed by atoms with Crippen molar-refractivity contribution < 1.29 is 9.53 Å². The van der Waals surface area contributed by atoms with Gasteiger partial charge in [-0.2, -0.15) is 0 Å². The van der Waals surface area contributed by atoms with E-state index >= 15 is 0 Å². The number of hydrogen-bond acceptors (Lipinski definition) is 2. The van der Waals surface area contributed by atoms with E-state index in [0.29, 0.717) is 12.5 Å². The van der Waals surface area contributed by atoms with Crippen LogP contribution >= 0.6 is 0 Å². The van der Waals surface area contributed by atoms with Crippen molar-refractivity contribution >= 4 is 11.6 Å². The van der Waals surface area contributed by atoms with Gasteiger partial charge >= 0.3 is 0 Å². The maximum absolute atomic E-state index is 11.7. The molecule has 1 heterocycles. The molecule has 92 valence electrons. The topological polar surface area (TPSA) is 38.3 Å². The van der Waals surface area contributed by atoms with Gasteiger partial charge in [0, 0.05) is 18.7 Å². The summed E-state index contributed by atoms with van der Waals surface area (Å²) < 4.78 is 5.49. The average Bonchev–Trinajstić information content (AvgIpc) is 2.79. The van der Waals surface area contributed by atoms with Crippen LogP contribution in [0.4, 0.5) is 5.69 Å². The summed E-state index contributed by atoms with van der Waals surface area (Å²) in [5.41, 5.74) is 2.03. The molecule has 0 aliphatic carbocycles. The molecule has 2 rings (SSSR count). The smallest absolute Gasteiger partial charge is 0.224 e. The zero-order valence-corrected chi connectivity index (χ0v) is 10.2. The molecule has 0 aromatic heterocycles. The lowest BCUT2D eigenvalue weighted by atomic mass is 10.1. The Morgan fingerprint density at radius 2 is 2.41 bits per heavy atom. The van der Waals surface area contributed by atoms with E-state index in [-0.39, 0.29) is 5.91 Å². The molecule has 17 heavy (non-hydrogen) atoms. The van der Waals surface area contributed by atoms with Crippen molar-refractivity contribution in [2.24, 2.45) is 0 Å². The van der Waals surface area contributed by atoms with E-state index in [1.807, 2.05) is 31.2 Å². The fourth-order valence-corrected chi connectivity index (χ4v) is 2.11. The van der Waals surface area contributed by atoms with Crippen LogP contribution in [0.25, 0.3) is 0 Å². The third-order valence-corrected chi connectivity index (χ3v) is 3.02. The van der Waals surface area contributed by atoms with Crippen molar-refractivity contribution in [2.75, 3.05) is 11.9 Å². The fraction of sp³-hybridized carbons (Fsp3) is 0.500. The molecule has 0 unspecified atom stereocenters. The number of hydrogen-bond donors (Lipinski definition) is 1. The highest BCUT2D eigenvalue weighted by molar-refractivity contribution is 5.90. The Bertz CT molecular complexity index is 384. The van der Waals surface area contributed by atoms with Crippen LogP contribution in [0.2, 0.25) is 0 Å². The van der Waals surface area contributed by atoms with Crippen LogP contribution in [-0.4, -0.2) is 18.6 Å². The normalized spacial score (nSPS) is 19.2. The summed E-state index contributed by atoms with van der Waals surface area (Å²) in [6, 6.07) is 7.86. The van der Waals surface area contributed by atoms with Crippen molar-refractivity contribution in [3.8, 4) is 0 Å². The summed E-state index contributed by atoms with van der Waals surface area (Å²) in [6.45, 7) is 2.87. The van der Waals surface area contributed by atoms with Crippen LogP contribution in [0.1, 0.15) is 31.2 Å². The lowest BCUT2D eigenvalue weighted by Crippen LogP contribution is -2.15. The van der Waals surface area contributed by atoms with Crippen molar-refractivity contribution in [3.63, 3.8) is 0 Å². The van der Waals surface area contributed by atoms with Gasteiger partial charge in [0.15, 0.2) is 0 Å². The van der Waals surface area contributed by atoms with E-state index in [0.717, 1.165) is 37.1 Å². The Labute approximate surface area is 102 Å². The Morgan fingerprint density at radius 3 is 3.12 bits per heavy atom. The quantitative estimate of drug-likeness (QED) is 0.868. The molecular weight excluding hydrogens is 214 g/mol. The monoisotopic (exact) mass is 233 g/mol. The molecule has 0 radical (unpaired) electrons. The van der Waals surface area contributed by atoms with Crippen LogP contribution in [0, 0.1) is 6.92 Å². The van der Waals surface area contributed by atoms with Crippen LogP contribution in [0.3, 0.4) is 0 Å². The van der Waals surface area contributed by atoms with Gasteiger partial charge in [0.1, 0.15) is 0 Å². The summed E-state index contributed by atoms with van der Waals surface area (Å²) in [4.78, 5) is 11.7. The first-order valence-electron chi connectivity index (χ1n) is 6.22. The van der Waals surface area contributed by atoms with Crippen LogP contribution in [-0.2, 0) is 9.53 Å². The Morgan fingerprint density at radius 1 is 1.53 bits per heavy atom. The van der Waals surface area contributed by atoms with Gasteiger partial charge < -0.3 is 10.1 Å². The van der Waals surface area contributed by atoms with Crippen molar-refractivity contribution in [2.45, 2.75) is 38.7 Å². The van der Waals surface area contributed by atoms with Crippen molar-refractivity contribution in [1.82, 2.24) is 0 Å². The molecule has 1 aromatic carbocycles. The maximum atomic E-state index is 11.7. The van der Waals surface area contributed by atoms with Gasteiger partial charge in [-0.25, -0.2) is 0 Å². The van der Waals surface area contributed by atoms with Crippen LogP contribution in [0.5, 0.6) is 0 Å². The number of carbonyl (C=O) groups is 1. The number of anilines is 1. The molecule has 0 saturated carbocycles. The fourth-order valence-electron chi connectivity index (χ4n) is 2.11. The predicted molar refractivity (Wildman–Crippen MR) is 68.0 cm³/mol. The molecule has 1 fully saturated rings. The second kappa shape index (κ2) is 5.82. The predicted octanol–water partition coefficient (Wildman–Crippen LogP) is 2.89. The first kappa shape index (κ1) is 12.1. The maximum Gasteiger partial charge on any atom is 0.224 e. The van der Waals surface area contributed by atoms with Gasteiger partial charge in [-0.05, 0) is 43.9 Å². The van der Waals surface area contributed by atoms with E-state index < -0.39 is 0 Å². The van der Waals surface area contributed by atoms with E-state index in [9.17, 15) is 4.79 Å². The molecule has 1 N–H and O–H groups in total. The zero-order valence-electron chi connectivity index (χ0n) is 10.2. The largest absolute Gasteiger partial charge is 0.378 e. The molecule has 0 bridgehead atoms. The van der Waals surface area contributed by atoms with Gasteiger partial charge in [0.25, 0.3) is 0 Å². The minimum Gasteiger partial charge on any atom is -0.378 e. The summed E-state index contributed by atoms with van der Waals surface area (Å²) in [7, 11) is 0. The minimum absolute atomic E-state index is 0.0751. The summed E-state index contributed by atoms with van der Waals surface area (Å²) in [5, 5.41) is 2.91. The molecular formula is C14H19NO2. The number of amides is 1. The van der Waals surface area contributed by atoms with E-state index in [1.165, 1.54) is 0 Å². The minimum atomic E-state index is 0.0751. The Balaban J connectivity index is 1.76. The summed E-state index contributed by atoms with van der Waals surface area (Å²) in [6.07, 6.45) is 3.89. The summed E-state index contributed by atoms with van der Waals surface area (Å²) >= 11 is 0. The molecule has 3 nitrogen and oxygen atoms in total. The van der Waals surface area contributed by atoms with Gasteiger partial charge in [-0.1, -0.05) is 12.1 Å². The second-order valence-electron chi connectivity index (χ2n) is 4.59. The number of carbonyl (C=O) groups excluding carboxylic acids is 1. The first-order valence-corrected chi connectivity index (χ1v) is 6.22. The van der Waals surface area contributed by atoms with E-state index in [2.05, 4.69) is 5.32 Å². The number of nitrogens with one attached hydrogen (secondary N) is 1. The van der Waals surface area contributed by atoms with Crippen molar-refractivity contribution in [3.05, 3.63) is 29.8 Å². The van der Waals surface area contributed by atoms with E-state index in [4.69, 9.17) is 4.74 Å². The molecule has 1 aliphatic heterocycles. The summed E-state index contributed by atoms with van der Waals surface area (Å²) in [5.74, 6) is 0.0751. The average molecular weight is 233 g/mol.